The van der Waals surface area contributed by atoms with Gasteiger partial charge in [0.25, 0.3) is 5.56 Å². The molecule has 0 spiro atoms. The van der Waals surface area contributed by atoms with Crippen molar-refractivity contribution in [2.45, 2.75) is 13.5 Å². The molecule has 1 amide bonds. The second kappa shape index (κ2) is 5.83. The maximum atomic E-state index is 13.0. The lowest BCUT2D eigenvalue weighted by atomic mass is 10.3. The van der Waals surface area contributed by atoms with E-state index in [0.29, 0.717) is 11.4 Å². The summed E-state index contributed by atoms with van der Waals surface area (Å²) < 4.78 is 14.1. The van der Waals surface area contributed by atoms with Gasteiger partial charge in [0.1, 0.15) is 12.4 Å². The van der Waals surface area contributed by atoms with Crippen LogP contribution >= 0.6 is 11.6 Å². The predicted molar refractivity (Wildman–Crippen MR) is 73.3 cm³/mol. The van der Waals surface area contributed by atoms with Gasteiger partial charge in [-0.3, -0.25) is 14.2 Å². The molecule has 2 aromatic rings. The zero-order valence-corrected chi connectivity index (χ0v) is 11.3. The largest absolute Gasteiger partial charge is 0.324 e. The topological polar surface area (TPSA) is 64.0 Å². The number of carbonyl (C=O) groups excluding carboxylic acids is 1. The number of hydrogen-bond acceptors (Lipinski definition) is 3. The number of nitrogens with one attached hydrogen (secondary N) is 1. The van der Waals surface area contributed by atoms with Crippen LogP contribution in [0.3, 0.4) is 0 Å². The fraction of sp³-hybridized carbons (Fsp3) is 0.154. The quantitative estimate of drug-likeness (QED) is 0.942. The first-order chi connectivity index (χ1) is 9.45. The molecule has 0 aliphatic carbocycles. The minimum atomic E-state index is -0.566. The third-order valence-electron chi connectivity index (χ3n) is 2.53. The van der Waals surface area contributed by atoms with E-state index in [1.54, 1.807) is 6.92 Å². The maximum Gasteiger partial charge on any atom is 0.253 e. The lowest BCUT2D eigenvalue weighted by Crippen LogP contribution is -2.27. The van der Waals surface area contributed by atoms with Crippen molar-refractivity contribution in [2.75, 3.05) is 5.32 Å². The van der Waals surface area contributed by atoms with Crippen LogP contribution in [-0.2, 0) is 11.3 Å². The van der Waals surface area contributed by atoms with E-state index in [0.717, 1.165) is 6.07 Å². The molecule has 1 heterocycles. The normalized spacial score (nSPS) is 10.3. The molecule has 0 saturated heterocycles. The van der Waals surface area contributed by atoms with Crippen LogP contribution in [-0.4, -0.2) is 15.5 Å². The molecule has 5 nitrogen and oxygen atoms in total. The Bertz CT molecular complexity index is 715. The molecule has 7 heteroatoms. The summed E-state index contributed by atoms with van der Waals surface area (Å²) in [6, 6.07) is 5.17. The number of anilines is 1. The van der Waals surface area contributed by atoms with Gasteiger partial charge in [-0.2, -0.15) is 0 Å². The molecule has 0 aliphatic heterocycles. The van der Waals surface area contributed by atoms with Crippen molar-refractivity contribution < 1.29 is 9.18 Å². The van der Waals surface area contributed by atoms with Crippen LogP contribution < -0.4 is 10.9 Å². The third kappa shape index (κ3) is 3.42. The number of aryl methyl sites for hydroxylation is 1. The van der Waals surface area contributed by atoms with Crippen LogP contribution in [0.15, 0.2) is 35.4 Å². The summed E-state index contributed by atoms with van der Waals surface area (Å²) in [6.07, 6.45) is 1.30. The number of hydrogen-bond donors (Lipinski definition) is 1. The molecular formula is C13H11ClFN3O2. The van der Waals surface area contributed by atoms with Gasteiger partial charge in [-0.05, 0) is 25.1 Å². The second-order valence-corrected chi connectivity index (χ2v) is 4.58. The first-order valence-corrected chi connectivity index (χ1v) is 6.11. The van der Waals surface area contributed by atoms with Gasteiger partial charge in [0, 0.05) is 17.4 Å². The lowest BCUT2D eigenvalue weighted by molar-refractivity contribution is -0.116. The zero-order valence-electron chi connectivity index (χ0n) is 10.6. The molecule has 0 bridgehead atoms. The number of aromatic nitrogens is 2. The minimum Gasteiger partial charge on any atom is -0.324 e. The van der Waals surface area contributed by atoms with Crippen LogP contribution in [0.2, 0.25) is 5.02 Å². The average Bonchev–Trinajstić information content (AvgIpc) is 2.37. The minimum absolute atomic E-state index is 0.0861. The standard InChI is InChI=1S/C13H11ClFN3O2/c1-8-4-13(20)18(7-16-8)6-12(19)17-9-2-3-11(15)10(14)5-9/h2-5,7H,6H2,1H3,(H,17,19). The summed E-state index contributed by atoms with van der Waals surface area (Å²) in [7, 11) is 0. The summed E-state index contributed by atoms with van der Waals surface area (Å²) >= 11 is 5.61. The van der Waals surface area contributed by atoms with E-state index in [-0.39, 0.29) is 17.1 Å². The monoisotopic (exact) mass is 295 g/mol. The van der Waals surface area contributed by atoms with Crippen LogP contribution in [0.1, 0.15) is 5.69 Å². The summed E-state index contributed by atoms with van der Waals surface area (Å²) in [5.74, 6) is -0.996. The molecule has 0 unspecified atom stereocenters. The summed E-state index contributed by atoms with van der Waals surface area (Å²) in [4.78, 5) is 27.3. The fourth-order valence-electron chi connectivity index (χ4n) is 1.56. The lowest BCUT2D eigenvalue weighted by Gasteiger charge is -2.07. The van der Waals surface area contributed by atoms with Crippen molar-refractivity contribution in [3.05, 3.63) is 57.5 Å². The van der Waals surface area contributed by atoms with E-state index in [1.165, 1.54) is 29.1 Å². The first-order valence-electron chi connectivity index (χ1n) is 5.73. The molecule has 104 valence electrons. The molecular weight excluding hydrogens is 285 g/mol. The number of amides is 1. The van der Waals surface area contributed by atoms with E-state index >= 15 is 0 Å². The Labute approximate surface area is 119 Å². The van der Waals surface area contributed by atoms with Gasteiger partial charge in [0.05, 0.1) is 11.3 Å². The first kappa shape index (κ1) is 14.2. The summed E-state index contributed by atoms with van der Waals surface area (Å²) in [5.41, 5.74) is 0.622. The third-order valence-corrected chi connectivity index (χ3v) is 2.82. The highest BCUT2D eigenvalue weighted by atomic mass is 35.5. The van der Waals surface area contributed by atoms with Crippen molar-refractivity contribution >= 4 is 23.2 Å². The van der Waals surface area contributed by atoms with Gasteiger partial charge >= 0.3 is 0 Å². The highest BCUT2D eigenvalue weighted by Gasteiger charge is 2.07. The number of nitrogens with zero attached hydrogens (tertiary/aromatic N) is 2. The Hall–Kier alpha value is -2.21. The molecule has 0 fully saturated rings. The highest BCUT2D eigenvalue weighted by Crippen LogP contribution is 2.19. The van der Waals surface area contributed by atoms with Crippen LogP contribution in [0.5, 0.6) is 0 Å². The number of rotatable bonds is 3. The molecule has 20 heavy (non-hydrogen) atoms. The van der Waals surface area contributed by atoms with Crippen molar-refractivity contribution in [2.24, 2.45) is 0 Å². The molecule has 2 rings (SSSR count). The number of benzene rings is 1. The molecule has 0 atom stereocenters. The molecule has 1 aromatic carbocycles. The van der Waals surface area contributed by atoms with E-state index in [1.807, 2.05) is 0 Å². The number of halogens is 2. The molecule has 0 radical (unpaired) electrons. The Morgan fingerprint density at radius 3 is 2.85 bits per heavy atom. The Kier molecular flexibility index (Phi) is 4.14. The molecule has 1 aromatic heterocycles. The van der Waals surface area contributed by atoms with Gasteiger partial charge in [-0.25, -0.2) is 9.37 Å². The zero-order chi connectivity index (χ0) is 14.7. The molecule has 0 aliphatic rings. The van der Waals surface area contributed by atoms with E-state index < -0.39 is 11.7 Å². The van der Waals surface area contributed by atoms with Gasteiger partial charge in [-0.15, -0.1) is 0 Å². The number of carbonyl (C=O) groups is 1. The van der Waals surface area contributed by atoms with Gasteiger partial charge < -0.3 is 5.32 Å². The van der Waals surface area contributed by atoms with Crippen molar-refractivity contribution in [3.63, 3.8) is 0 Å². The Morgan fingerprint density at radius 1 is 1.45 bits per heavy atom. The Morgan fingerprint density at radius 2 is 2.20 bits per heavy atom. The SMILES string of the molecule is Cc1cc(=O)n(CC(=O)Nc2ccc(F)c(Cl)c2)cn1. The van der Waals surface area contributed by atoms with Gasteiger partial charge in [-0.1, -0.05) is 11.6 Å². The fourth-order valence-corrected chi connectivity index (χ4v) is 1.74. The smallest absolute Gasteiger partial charge is 0.253 e. The van der Waals surface area contributed by atoms with Crippen LogP contribution in [0.25, 0.3) is 0 Å². The van der Waals surface area contributed by atoms with E-state index in [9.17, 15) is 14.0 Å². The summed E-state index contributed by atoms with van der Waals surface area (Å²) in [6.45, 7) is 1.51. The average molecular weight is 296 g/mol. The second-order valence-electron chi connectivity index (χ2n) is 4.17. The van der Waals surface area contributed by atoms with Crippen LogP contribution in [0, 0.1) is 12.7 Å². The van der Waals surface area contributed by atoms with E-state index in [4.69, 9.17) is 11.6 Å². The highest BCUT2D eigenvalue weighted by molar-refractivity contribution is 6.31. The van der Waals surface area contributed by atoms with Gasteiger partial charge in [0.15, 0.2) is 0 Å². The maximum absolute atomic E-state index is 13.0. The van der Waals surface area contributed by atoms with Crippen molar-refractivity contribution in [3.8, 4) is 0 Å². The van der Waals surface area contributed by atoms with Crippen molar-refractivity contribution in [1.82, 2.24) is 9.55 Å². The predicted octanol–water partition coefficient (Wildman–Crippen LogP) is 1.98. The van der Waals surface area contributed by atoms with Crippen LogP contribution in [0.4, 0.5) is 10.1 Å². The van der Waals surface area contributed by atoms with Gasteiger partial charge in [0.2, 0.25) is 5.91 Å². The molecule has 0 saturated carbocycles. The van der Waals surface area contributed by atoms with Crippen molar-refractivity contribution in [1.29, 1.82) is 0 Å². The summed E-state index contributed by atoms with van der Waals surface area (Å²) in [5, 5.41) is 2.44. The van der Waals surface area contributed by atoms with E-state index in [2.05, 4.69) is 10.3 Å². The Balaban J connectivity index is 2.09. The molecule has 1 N–H and O–H groups in total.